The molecule has 2 aromatic rings. The molecule has 1 unspecified atom stereocenters. The number of hydrogen-bond donors (Lipinski definition) is 2. The van der Waals surface area contributed by atoms with E-state index in [-0.39, 0.29) is 5.84 Å². The van der Waals surface area contributed by atoms with Gasteiger partial charge in [-0.25, -0.2) is 9.38 Å². The van der Waals surface area contributed by atoms with Gasteiger partial charge in [0.1, 0.15) is 11.7 Å². The summed E-state index contributed by atoms with van der Waals surface area (Å²) in [6.07, 6.45) is 0. The second-order valence-electron chi connectivity index (χ2n) is 5.42. The predicted molar refractivity (Wildman–Crippen MR) is 86.5 cm³/mol. The van der Waals surface area contributed by atoms with Crippen LogP contribution in [0.15, 0.2) is 41.4 Å². The molecule has 1 aliphatic heterocycles. The number of halogens is 2. The van der Waals surface area contributed by atoms with Gasteiger partial charge in [0.2, 0.25) is 0 Å². The zero-order valence-electron chi connectivity index (χ0n) is 12.1. The summed E-state index contributed by atoms with van der Waals surface area (Å²) in [5.74, 6) is -0.462. The number of aliphatic imine (C=N–C) groups is 1. The van der Waals surface area contributed by atoms with Crippen molar-refractivity contribution >= 4 is 28.8 Å². The van der Waals surface area contributed by atoms with Crippen LogP contribution in [-0.4, -0.2) is 25.0 Å². The lowest BCUT2D eigenvalue weighted by Gasteiger charge is -2.29. The Balaban J connectivity index is 2.31. The third-order valence-corrected chi connectivity index (χ3v) is 4.03. The summed E-state index contributed by atoms with van der Waals surface area (Å²) in [6, 6.07) is 9.15. The lowest BCUT2D eigenvalue weighted by atomic mass is 9.85. The number of aliphatic hydroxyl groups is 1. The Morgan fingerprint density at radius 3 is 2.59 bits per heavy atom. The predicted octanol–water partition coefficient (Wildman–Crippen LogP) is 2.78. The molecule has 114 valence electrons. The average Bonchev–Trinajstić information content (AvgIpc) is 2.71. The van der Waals surface area contributed by atoms with Gasteiger partial charge in [-0.3, -0.25) is 0 Å². The van der Waals surface area contributed by atoms with Crippen molar-refractivity contribution in [3.05, 3.63) is 58.4 Å². The van der Waals surface area contributed by atoms with Gasteiger partial charge in [-0.2, -0.15) is 0 Å². The maximum absolute atomic E-state index is 13.8. The van der Waals surface area contributed by atoms with Crippen molar-refractivity contribution < 1.29 is 9.50 Å². The van der Waals surface area contributed by atoms with Gasteiger partial charge in [0, 0.05) is 35.9 Å². The van der Waals surface area contributed by atoms with Crippen molar-refractivity contribution in [2.24, 2.45) is 10.7 Å². The first-order valence-corrected chi connectivity index (χ1v) is 7.06. The maximum atomic E-state index is 13.8. The highest BCUT2D eigenvalue weighted by Gasteiger charge is 2.44. The summed E-state index contributed by atoms with van der Waals surface area (Å²) in [5.41, 5.74) is 6.23. The van der Waals surface area contributed by atoms with Crippen LogP contribution >= 0.6 is 11.6 Å². The van der Waals surface area contributed by atoms with Crippen LogP contribution in [0.3, 0.4) is 0 Å². The molecule has 0 amide bonds. The second-order valence-corrected chi connectivity index (χ2v) is 5.86. The highest BCUT2D eigenvalue weighted by atomic mass is 35.5. The monoisotopic (exact) mass is 319 g/mol. The molecule has 1 atom stereocenters. The van der Waals surface area contributed by atoms with Crippen molar-refractivity contribution in [2.45, 2.75) is 5.60 Å². The van der Waals surface area contributed by atoms with E-state index in [2.05, 4.69) is 4.99 Å². The van der Waals surface area contributed by atoms with Crippen LogP contribution in [0.25, 0.3) is 0 Å². The maximum Gasteiger partial charge on any atom is 0.176 e. The number of fused-ring (bicyclic) bond motifs is 1. The fourth-order valence-electron chi connectivity index (χ4n) is 2.72. The SMILES string of the molecule is CN(C)c1ccc(F)cc1C1(O)C(N)=Nc2ccc(Cl)cc21. The lowest BCUT2D eigenvalue weighted by molar-refractivity contribution is 0.158. The summed E-state index contributed by atoms with van der Waals surface area (Å²) in [7, 11) is 3.61. The molecule has 0 saturated carbocycles. The van der Waals surface area contributed by atoms with E-state index >= 15 is 0 Å². The van der Waals surface area contributed by atoms with E-state index in [9.17, 15) is 9.50 Å². The number of nitrogens with two attached hydrogens (primary N) is 1. The number of anilines is 1. The van der Waals surface area contributed by atoms with E-state index in [4.69, 9.17) is 17.3 Å². The molecule has 1 heterocycles. The van der Waals surface area contributed by atoms with Crippen LogP contribution in [0.2, 0.25) is 5.02 Å². The normalized spacial score (nSPS) is 19.8. The highest BCUT2D eigenvalue weighted by molar-refractivity contribution is 6.30. The number of hydrogen-bond acceptors (Lipinski definition) is 4. The Morgan fingerprint density at radius 1 is 1.18 bits per heavy atom. The number of amidine groups is 1. The third-order valence-electron chi connectivity index (χ3n) is 3.79. The minimum atomic E-state index is -1.71. The summed E-state index contributed by atoms with van der Waals surface area (Å²) in [6.45, 7) is 0. The van der Waals surface area contributed by atoms with Crippen LogP contribution in [0, 0.1) is 5.82 Å². The molecule has 1 aliphatic rings. The Labute approximate surface area is 132 Å². The second kappa shape index (κ2) is 4.97. The van der Waals surface area contributed by atoms with Crippen molar-refractivity contribution in [2.75, 3.05) is 19.0 Å². The highest BCUT2D eigenvalue weighted by Crippen LogP contribution is 2.45. The quantitative estimate of drug-likeness (QED) is 0.894. The standard InChI is InChI=1S/C16H15ClFN3O/c1-21(2)14-6-4-10(18)8-12(14)16(22)11-7-9(17)3-5-13(11)20-15(16)19/h3-8,22H,1-2H3,(H2,19,20). The first-order valence-electron chi connectivity index (χ1n) is 6.68. The molecule has 22 heavy (non-hydrogen) atoms. The fourth-order valence-corrected chi connectivity index (χ4v) is 2.89. The van der Waals surface area contributed by atoms with Crippen molar-refractivity contribution in [1.82, 2.24) is 0 Å². The van der Waals surface area contributed by atoms with Crippen molar-refractivity contribution in [1.29, 1.82) is 0 Å². The molecule has 3 rings (SSSR count). The molecule has 0 bridgehead atoms. The van der Waals surface area contributed by atoms with E-state index in [0.29, 0.717) is 27.5 Å². The van der Waals surface area contributed by atoms with Crippen LogP contribution in [0.1, 0.15) is 11.1 Å². The van der Waals surface area contributed by atoms with Gasteiger partial charge in [0.05, 0.1) is 5.69 Å². The summed E-state index contributed by atoms with van der Waals surface area (Å²) in [5, 5.41) is 11.7. The first kappa shape index (κ1) is 14.8. The molecular formula is C16H15ClFN3O. The molecular weight excluding hydrogens is 305 g/mol. The van der Waals surface area contributed by atoms with E-state index in [1.807, 2.05) is 0 Å². The molecule has 2 aromatic carbocycles. The third kappa shape index (κ3) is 2.05. The van der Waals surface area contributed by atoms with Gasteiger partial charge in [-0.15, -0.1) is 0 Å². The smallest absolute Gasteiger partial charge is 0.176 e. The van der Waals surface area contributed by atoms with Gasteiger partial charge in [-0.05, 0) is 36.4 Å². The van der Waals surface area contributed by atoms with Crippen LogP contribution in [0.5, 0.6) is 0 Å². The van der Waals surface area contributed by atoms with Gasteiger partial charge in [0.25, 0.3) is 0 Å². The summed E-state index contributed by atoms with van der Waals surface area (Å²) < 4.78 is 13.8. The number of nitrogens with zero attached hydrogens (tertiary/aromatic N) is 2. The van der Waals surface area contributed by atoms with Gasteiger partial charge in [0.15, 0.2) is 5.60 Å². The molecule has 0 radical (unpaired) electrons. The fraction of sp³-hybridized carbons (Fsp3) is 0.188. The zero-order valence-corrected chi connectivity index (χ0v) is 12.9. The van der Waals surface area contributed by atoms with Crippen LogP contribution in [0.4, 0.5) is 15.8 Å². The van der Waals surface area contributed by atoms with Crippen LogP contribution in [-0.2, 0) is 5.60 Å². The molecule has 0 aliphatic carbocycles. The zero-order chi connectivity index (χ0) is 16.1. The van der Waals surface area contributed by atoms with Gasteiger partial charge in [-0.1, -0.05) is 11.6 Å². The van der Waals surface area contributed by atoms with Crippen molar-refractivity contribution in [3.8, 4) is 0 Å². The molecule has 0 saturated heterocycles. The van der Waals surface area contributed by atoms with E-state index in [0.717, 1.165) is 0 Å². The molecule has 3 N–H and O–H groups in total. The lowest BCUT2D eigenvalue weighted by Crippen LogP contribution is -2.40. The van der Waals surface area contributed by atoms with Gasteiger partial charge < -0.3 is 15.7 Å². The Hall–Kier alpha value is -2.11. The number of benzene rings is 2. The van der Waals surface area contributed by atoms with E-state index in [1.165, 1.54) is 12.1 Å². The molecule has 4 nitrogen and oxygen atoms in total. The topological polar surface area (TPSA) is 61.8 Å². The molecule has 0 spiro atoms. The van der Waals surface area contributed by atoms with Gasteiger partial charge >= 0.3 is 0 Å². The largest absolute Gasteiger partial charge is 0.384 e. The van der Waals surface area contributed by atoms with Crippen LogP contribution < -0.4 is 10.6 Å². The summed E-state index contributed by atoms with van der Waals surface area (Å²) in [4.78, 5) is 5.98. The number of rotatable bonds is 2. The van der Waals surface area contributed by atoms with Crippen molar-refractivity contribution in [3.63, 3.8) is 0 Å². The first-order chi connectivity index (χ1) is 10.3. The Kier molecular flexibility index (Phi) is 3.34. The Morgan fingerprint density at radius 2 is 1.91 bits per heavy atom. The average molecular weight is 320 g/mol. The van der Waals surface area contributed by atoms with E-state index in [1.54, 1.807) is 43.3 Å². The molecule has 6 heteroatoms. The minimum Gasteiger partial charge on any atom is -0.384 e. The molecule has 0 aromatic heterocycles. The summed E-state index contributed by atoms with van der Waals surface area (Å²) >= 11 is 6.03. The van der Waals surface area contributed by atoms with E-state index < -0.39 is 11.4 Å². The Bertz CT molecular complexity index is 791. The molecule has 0 fully saturated rings. The minimum absolute atomic E-state index is 0.00142.